The van der Waals surface area contributed by atoms with E-state index in [1.807, 2.05) is 6.07 Å². The third-order valence-electron chi connectivity index (χ3n) is 5.33. The van der Waals surface area contributed by atoms with Gasteiger partial charge in [-0.05, 0) is 43.4 Å². The molecule has 2 saturated carbocycles. The molecule has 1 saturated heterocycles. The monoisotopic (exact) mass is 320 g/mol. The zero-order valence-corrected chi connectivity index (χ0v) is 13.6. The highest BCUT2D eigenvalue weighted by atomic mass is 19.1. The molecule has 0 aromatic rings. The highest BCUT2D eigenvalue weighted by Crippen LogP contribution is 2.48. The van der Waals surface area contributed by atoms with Gasteiger partial charge < -0.3 is 10.6 Å². The Kier molecular flexibility index (Phi) is 5.96. The summed E-state index contributed by atoms with van der Waals surface area (Å²) in [4.78, 5) is 12.2. The molecule has 6 atom stereocenters. The third-order valence-corrected chi connectivity index (χ3v) is 5.33. The Balaban J connectivity index is 0.000000167. The first kappa shape index (κ1) is 17.7. The number of nitrogens with zero attached hydrogens (tertiary/aromatic N) is 3. The van der Waals surface area contributed by atoms with Crippen LogP contribution in [0.1, 0.15) is 39.0 Å². The second kappa shape index (κ2) is 7.75. The maximum Gasteiger partial charge on any atom is 0.237 e. The van der Waals surface area contributed by atoms with Crippen molar-refractivity contribution in [2.24, 2.45) is 29.4 Å². The van der Waals surface area contributed by atoms with Gasteiger partial charge in [0.2, 0.25) is 5.91 Å². The maximum atomic E-state index is 12.7. The smallest absolute Gasteiger partial charge is 0.237 e. The van der Waals surface area contributed by atoms with Gasteiger partial charge in [0.15, 0.2) is 0 Å². The van der Waals surface area contributed by atoms with Gasteiger partial charge in [0.1, 0.15) is 12.2 Å². The third kappa shape index (κ3) is 4.20. The number of alkyl halides is 1. The van der Waals surface area contributed by atoms with Crippen molar-refractivity contribution >= 4 is 5.91 Å². The number of hydrogen-bond donors (Lipinski definition) is 1. The number of likely N-dealkylation sites (tertiary alicyclic amines) is 1. The molecule has 0 spiro atoms. The van der Waals surface area contributed by atoms with E-state index in [1.165, 1.54) is 30.6 Å². The molecule has 2 aliphatic carbocycles. The van der Waals surface area contributed by atoms with Crippen LogP contribution in [0, 0.1) is 46.3 Å². The number of nitriles is 2. The Bertz CT molecular complexity index is 498. The fraction of sp³-hybridized carbons (Fsp3) is 0.824. The van der Waals surface area contributed by atoms with Gasteiger partial charge in [-0.15, -0.1) is 0 Å². The number of fused-ring (bicyclic) bond motifs is 1. The van der Waals surface area contributed by atoms with E-state index in [0.717, 1.165) is 17.8 Å². The number of rotatable bonds is 1. The van der Waals surface area contributed by atoms with Gasteiger partial charge in [-0.1, -0.05) is 6.92 Å². The standard InChI is InChI=1S/C10H15N.C7H10FN3O/c1-7-2-9-4-8(6-11)5-10(9)3-7;8-5-1-6(2-9)11(4-5)7(12)3-10/h7-10H,2-5H2,1H3;5-6H,1,3-4,10H2/t7?,8?,9-,10+;. The molecule has 3 aliphatic rings. The van der Waals surface area contributed by atoms with Crippen molar-refractivity contribution in [2.75, 3.05) is 13.1 Å². The summed E-state index contributed by atoms with van der Waals surface area (Å²) >= 11 is 0. The summed E-state index contributed by atoms with van der Waals surface area (Å²) < 4.78 is 12.7. The maximum absolute atomic E-state index is 12.7. The Morgan fingerprint density at radius 1 is 1.17 bits per heavy atom. The number of carbonyl (C=O) groups excluding carboxylic acids is 1. The quantitative estimate of drug-likeness (QED) is 0.799. The molecule has 0 aromatic heterocycles. The molecule has 2 N–H and O–H groups in total. The summed E-state index contributed by atoms with van der Waals surface area (Å²) in [5.41, 5.74) is 5.09. The van der Waals surface area contributed by atoms with Crippen molar-refractivity contribution in [3.05, 3.63) is 0 Å². The predicted molar refractivity (Wildman–Crippen MR) is 83.4 cm³/mol. The van der Waals surface area contributed by atoms with Gasteiger partial charge in [0, 0.05) is 12.3 Å². The summed E-state index contributed by atoms with van der Waals surface area (Å²) in [6.45, 7) is 2.19. The first-order valence-electron chi connectivity index (χ1n) is 8.41. The fourth-order valence-electron chi connectivity index (χ4n) is 4.32. The van der Waals surface area contributed by atoms with E-state index in [2.05, 4.69) is 13.0 Å². The number of carbonyl (C=O) groups is 1. The first-order valence-corrected chi connectivity index (χ1v) is 8.41. The molecule has 3 fully saturated rings. The normalized spacial score (nSPS) is 38.2. The highest BCUT2D eigenvalue weighted by Gasteiger charge is 2.40. The average Bonchev–Trinajstić information content (AvgIpc) is 3.18. The van der Waals surface area contributed by atoms with Crippen LogP contribution in [0.4, 0.5) is 4.39 Å². The Hall–Kier alpha value is -1.66. The second-order valence-corrected chi connectivity index (χ2v) is 7.12. The second-order valence-electron chi connectivity index (χ2n) is 7.12. The van der Waals surface area contributed by atoms with E-state index in [4.69, 9.17) is 16.3 Å². The molecule has 6 heteroatoms. The molecule has 5 nitrogen and oxygen atoms in total. The SMILES string of the molecule is CC1C[C@@H]2CC(C#N)C[C@@H]2C1.N#CC1CC(F)CN1C(=O)CN. The summed E-state index contributed by atoms with van der Waals surface area (Å²) in [7, 11) is 0. The molecule has 126 valence electrons. The van der Waals surface area contributed by atoms with Gasteiger partial charge >= 0.3 is 0 Å². The summed E-state index contributed by atoms with van der Waals surface area (Å²) in [5, 5.41) is 17.3. The summed E-state index contributed by atoms with van der Waals surface area (Å²) in [6, 6.07) is 3.65. The van der Waals surface area contributed by atoms with Crippen LogP contribution in [0.5, 0.6) is 0 Å². The molecule has 23 heavy (non-hydrogen) atoms. The number of hydrogen-bond acceptors (Lipinski definition) is 4. The fourth-order valence-corrected chi connectivity index (χ4v) is 4.32. The average molecular weight is 320 g/mol. The molecule has 1 heterocycles. The van der Waals surface area contributed by atoms with E-state index >= 15 is 0 Å². The van der Waals surface area contributed by atoms with Crippen molar-refractivity contribution in [1.82, 2.24) is 4.90 Å². The van der Waals surface area contributed by atoms with Crippen LogP contribution in [0.15, 0.2) is 0 Å². The van der Waals surface area contributed by atoms with Crippen molar-refractivity contribution in [3.8, 4) is 12.1 Å². The van der Waals surface area contributed by atoms with Gasteiger partial charge in [0.05, 0.1) is 25.2 Å². The lowest BCUT2D eigenvalue weighted by molar-refractivity contribution is -0.129. The molecule has 3 rings (SSSR count). The van der Waals surface area contributed by atoms with Gasteiger partial charge in [-0.2, -0.15) is 10.5 Å². The largest absolute Gasteiger partial charge is 0.323 e. The van der Waals surface area contributed by atoms with Crippen molar-refractivity contribution in [3.63, 3.8) is 0 Å². The van der Waals surface area contributed by atoms with Crippen LogP contribution < -0.4 is 5.73 Å². The zero-order chi connectivity index (χ0) is 17.0. The van der Waals surface area contributed by atoms with E-state index < -0.39 is 12.2 Å². The minimum absolute atomic E-state index is 0.00819. The van der Waals surface area contributed by atoms with Crippen LogP contribution in [0.3, 0.4) is 0 Å². The number of nitrogens with two attached hydrogens (primary N) is 1. The van der Waals surface area contributed by atoms with Crippen LogP contribution in [0.2, 0.25) is 0 Å². The van der Waals surface area contributed by atoms with E-state index in [9.17, 15) is 9.18 Å². The van der Waals surface area contributed by atoms with Crippen LogP contribution in [-0.4, -0.2) is 36.1 Å². The molecular weight excluding hydrogens is 295 g/mol. The minimum atomic E-state index is -1.08. The zero-order valence-electron chi connectivity index (χ0n) is 13.6. The van der Waals surface area contributed by atoms with Crippen molar-refractivity contribution in [2.45, 2.75) is 51.2 Å². The lowest BCUT2D eigenvalue weighted by Crippen LogP contribution is -2.39. The number of halogens is 1. The minimum Gasteiger partial charge on any atom is -0.323 e. The molecule has 0 aromatic carbocycles. The molecule has 0 bridgehead atoms. The molecule has 1 aliphatic heterocycles. The lowest BCUT2D eigenvalue weighted by Gasteiger charge is -2.17. The lowest BCUT2D eigenvalue weighted by atomic mass is 10.0. The highest BCUT2D eigenvalue weighted by molar-refractivity contribution is 5.79. The predicted octanol–water partition coefficient (Wildman–Crippen LogP) is 1.99. The molecular formula is C17H25FN4O. The van der Waals surface area contributed by atoms with Crippen LogP contribution in [0.25, 0.3) is 0 Å². The van der Waals surface area contributed by atoms with Crippen LogP contribution in [-0.2, 0) is 4.79 Å². The summed E-state index contributed by atoms with van der Waals surface area (Å²) in [5.74, 6) is 2.80. The van der Waals surface area contributed by atoms with E-state index in [0.29, 0.717) is 5.92 Å². The molecule has 4 unspecified atom stereocenters. The van der Waals surface area contributed by atoms with Gasteiger partial charge in [0.25, 0.3) is 0 Å². The topological polar surface area (TPSA) is 93.9 Å². The van der Waals surface area contributed by atoms with Crippen molar-refractivity contribution < 1.29 is 9.18 Å². The Morgan fingerprint density at radius 3 is 2.26 bits per heavy atom. The Labute approximate surface area is 137 Å². The first-order chi connectivity index (χ1) is 11.0. The van der Waals surface area contributed by atoms with Gasteiger partial charge in [-0.25, -0.2) is 4.39 Å². The molecule has 1 amide bonds. The molecule has 0 radical (unpaired) electrons. The van der Waals surface area contributed by atoms with Crippen molar-refractivity contribution in [1.29, 1.82) is 10.5 Å². The summed E-state index contributed by atoms with van der Waals surface area (Å²) in [6.07, 6.45) is 4.22. The van der Waals surface area contributed by atoms with E-state index in [1.54, 1.807) is 0 Å². The van der Waals surface area contributed by atoms with Crippen LogP contribution >= 0.6 is 0 Å². The Morgan fingerprint density at radius 2 is 1.78 bits per heavy atom. The van der Waals surface area contributed by atoms with E-state index in [-0.39, 0.29) is 25.4 Å². The number of amides is 1. The van der Waals surface area contributed by atoms with Gasteiger partial charge in [-0.3, -0.25) is 4.79 Å².